The Balaban J connectivity index is 1.90. The van der Waals surface area contributed by atoms with Crippen molar-refractivity contribution in [1.29, 1.82) is 0 Å². The molecule has 0 bridgehead atoms. The summed E-state index contributed by atoms with van der Waals surface area (Å²) >= 11 is 0. The van der Waals surface area contributed by atoms with Gasteiger partial charge in [0.2, 0.25) is 0 Å². The minimum Gasteiger partial charge on any atom is -0.372 e. The van der Waals surface area contributed by atoms with Gasteiger partial charge in [0, 0.05) is 6.54 Å². The van der Waals surface area contributed by atoms with Crippen molar-refractivity contribution in [2.24, 2.45) is 5.41 Å². The van der Waals surface area contributed by atoms with Crippen LogP contribution >= 0.6 is 0 Å². The van der Waals surface area contributed by atoms with Crippen molar-refractivity contribution in [3.8, 4) is 0 Å². The minimum atomic E-state index is 0.302. The molecule has 0 radical (unpaired) electrons. The highest BCUT2D eigenvalue weighted by molar-refractivity contribution is 4.95. The van der Waals surface area contributed by atoms with Gasteiger partial charge in [-0.3, -0.25) is 0 Å². The number of ether oxygens (including phenoxy) is 1. The van der Waals surface area contributed by atoms with Crippen LogP contribution < -0.4 is 5.32 Å². The van der Waals surface area contributed by atoms with E-state index in [-0.39, 0.29) is 0 Å². The monoisotopic (exact) mass is 267 g/mol. The van der Waals surface area contributed by atoms with E-state index < -0.39 is 0 Å². The van der Waals surface area contributed by atoms with E-state index in [9.17, 15) is 0 Å². The van der Waals surface area contributed by atoms with E-state index in [1.807, 2.05) is 0 Å². The van der Waals surface area contributed by atoms with Crippen LogP contribution in [0.25, 0.3) is 0 Å². The third kappa shape index (κ3) is 3.52. The Morgan fingerprint density at radius 1 is 1.11 bits per heavy atom. The first-order valence-corrected chi connectivity index (χ1v) is 8.56. The van der Waals surface area contributed by atoms with Crippen LogP contribution in [0.3, 0.4) is 0 Å². The van der Waals surface area contributed by atoms with Crippen molar-refractivity contribution in [1.82, 2.24) is 5.32 Å². The Morgan fingerprint density at radius 2 is 1.79 bits per heavy atom. The summed E-state index contributed by atoms with van der Waals surface area (Å²) in [6, 6.07) is 0. The number of nitrogens with one attached hydrogen (secondary N) is 1. The average Bonchev–Trinajstić information content (AvgIpc) is 3.05. The van der Waals surface area contributed by atoms with Gasteiger partial charge in [-0.1, -0.05) is 33.6 Å². The number of hydrogen-bond acceptors (Lipinski definition) is 2. The molecule has 1 spiro atoms. The highest BCUT2D eigenvalue weighted by Crippen LogP contribution is 2.46. The van der Waals surface area contributed by atoms with Gasteiger partial charge in [-0.25, -0.2) is 0 Å². The van der Waals surface area contributed by atoms with Crippen molar-refractivity contribution in [3.63, 3.8) is 0 Å². The maximum atomic E-state index is 6.52. The quantitative estimate of drug-likeness (QED) is 0.743. The third-order valence-corrected chi connectivity index (χ3v) is 5.76. The average molecular weight is 267 g/mol. The fourth-order valence-corrected chi connectivity index (χ4v) is 4.16. The first-order chi connectivity index (χ1) is 9.17. The highest BCUT2D eigenvalue weighted by atomic mass is 16.5. The molecule has 2 nitrogen and oxygen atoms in total. The van der Waals surface area contributed by atoms with Gasteiger partial charge in [0.15, 0.2) is 0 Å². The molecule has 1 saturated heterocycles. The molecule has 2 fully saturated rings. The second-order valence-corrected chi connectivity index (χ2v) is 6.86. The Morgan fingerprint density at radius 3 is 2.37 bits per heavy atom. The molecule has 112 valence electrons. The maximum Gasteiger partial charge on any atom is 0.0687 e. The zero-order chi connectivity index (χ0) is 13.8. The van der Waals surface area contributed by atoms with Crippen molar-refractivity contribution in [2.75, 3.05) is 13.1 Å². The van der Waals surface area contributed by atoms with Gasteiger partial charge >= 0.3 is 0 Å². The molecule has 1 heterocycles. The van der Waals surface area contributed by atoms with Crippen molar-refractivity contribution in [2.45, 2.75) is 90.3 Å². The first-order valence-electron chi connectivity index (χ1n) is 8.56. The van der Waals surface area contributed by atoms with Crippen LogP contribution in [0.5, 0.6) is 0 Å². The van der Waals surface area contributed by atoms with E-state index in [1.54, 1.807) is 0 Å². The summed E-state index contributed by atoms with van der Waals surface area (Å²) in [6.45, 7) is 9.14. The van der Waals surface area contributed by atoms with Crippen molar-refractivity contribution in [3.05, 3.63) is 0 Å². The Bertz CT molecular complexity index is 266. The van der Waals surface area contributed by atoms with Crippen molar-refractivity contribution < 1.29 is 4.74 Å². The van der Waals surface area contributed by atoms with E-state index in [4.69, 9.17) is 4.74 Å². The van der Waals surface area contributed by atoms with Crippen LogP contribution in [0.4, 0.5) is 0 Å². The summed E-state index contributed by atoms with van der Waals surface area (Å²) in [5, 5.41) is 3.57. The van der Waals surface area contributed by atoms with Crippen LogP contribution in [0.2, 0.25) is 0 Å². The van der Waals surface area contributed by atoms with Crippen LogP contribution in [-0.2, 0) is 4.74 Å². The summed E-state index contributed by atoms with van der Waals surface area (Å²) in [5.74, 6) is 0. The Labute approximate surface area is 119 Å². The van der Waals surface area contributed by atoms with E-state index in [0.717, 1.165) is 13.1 Å². The fourth-order valence-electron chi connectivity index (χ4n) is 4.16. The van der Waals surface area contributed by atoms with Gasteiger partial charge in [-0.15, -0.1) is 0 Å². The molecular formula is C17H33NO. The van der Waals surface area contributed by atoms with Gasteiger partial charge in [0.05, 0.1) is 11.7 Å². The molecular weight excluding hydrogens is 234 g/mol. The molecule has 1 atom stereocenters. The highest BCUT2D eigenvalue weighted by Gasteiger charge is 2.44. The Hall–Kier alpha value is -0.0800. The van der Waals surface area contributed by atoms with E-state index >= 15 is 0 Å². The van der Waals surface area contributed by atoms with Gasteiger partial charge in [0.1, 0.15) is 0 Å². The van der Waals surface area contributed by atoms with Gasteiger partial charge in [0.25, 0.3) is 0 Å². The standard InChI is InChI=1S/C17H33NO/c1-4-16(5-2,14-18-6-3)13-15-9-12-17(19-15)10-7-8-11-17/h15,18H,4-14H2,1-3H3. The molecule has 0 aromatic heterocycles. The molecule has 1 aliphatic carbocycles. The maximum absolute atomic E-state index is 6.52. The van der Waals surface area contributed by atoms with Gasteiger partial charge in [-0.05, 0) is 56.9 Å². The lowest BCUT2D eigenvalue weighted by atomic mass is 9.77. The SMILES string of the molecule is CCNCC(CC)(CC)CC1CCC2(CCCC2)O1. The Kier molecular flexibility index (Phi) is 5.30. The number of hydrogen-bond donors (Lipinski definition) is 1. The molecule has 1 unspecified atom stereocenters. The molecule has 0 amide bonds. The van der Waals surface area contributed by atoms with Crippen LogP contribution in [0, 0.1) is 5.41 Å². The number of rotatable bonds is 7. The van der Waals surface area contributed by atoms with Gasteiger partial charge < -0.3 is 10.1 Å². The predicted molar refractivity (Wildman–Crippen MR) is 81.5 cm³/mol. The topological polar surface area (TPSA) is 21.3 Å². The smallest absolute Gasteiger partial charge is 0.0687 e. The predicted octanol–water partition coefficient (Wildman–Crippen LogP) is 4.28. The molecule has 2 rings (SSSR count). The molecule has 1 N–H and O–H groups in total. The van der Waals surface area contributed by atoms with Crippen LogP contribution in [-0.4, -0.2) is 24.8 Å². The van der Waals surface area contributed by atoms with Crippen LogP contribution in [0.15, 0.2) is 0 Å². The molecule has 0 aromatic rings. The zero-order valence-corrected chi connectivity index (χ0v) is 13.3. The lowest BCUT2D eigenvalue weighted by Crippen LogP contribution is -2.37. The zero-order valence-electron chi connectivity index (χ0n) is 13.3. The summed E-state index contributed by atoms with van der Waals surface area (Å²) in [7, 11) is 0. The fraction of sp³-hybridized carbons (Fsp3) is 1.00. The summed E-state index contributed by atoms with van der Waals surface area (Å²) in [5.41, 5.74) is 0.751. The summed E-state index contributed by atoms with van der Waals surface area (Å²) in [6.07, 6.45) is 12.4. The molecule has 1 saturated carbocycles. The van der Waals surface area contributed by atoms with E-state index in [2.05, 4.69) is 26.1 Å². The molecule has 2 heteroatoms. The summed E-state index contributed by atoms with van der Waals surface area (Å²) in [4.78, 5) is 0. The molecule has 19 heavy (non-hydrogen) atoms. The first kappa shape index (κ1) is 15.3. The molecule has 2 aliphatic rings. The second kappa shape index (κ2) is 6.58. The van der Waals surface area contributed by atoms with Gasteiger partial charge in [-0.2, -0.15) is 0 Å². The normalized spacial score (nSPS) is 26.4. The van der Waals surface area contributed by atoms with Crippen molar-refractivity contribution >= 4 is 0 Å². The van der Waals surface area contributed by atoms with Crippen LogP contribution in [0.1, 0.15) is 78.6 Å². The van der Waals surface area contributed by atoms with E-state index in [0.29, 0.717) is 17.1 Å². The van der Waals surface area contributed by atoms with E-state index in [1.165, 1.54) is 57.8 Å². The minimum absolute atomic E-state index is 0.302. The summed E-state index contributed by atoms with van der Waals surface area (Å²) < 4.78 is 6.52. The second-order valence-electron chi connectivity index (χ2n) is 6.86. The molecule has 1 aliphatic heterocycles. The largest absolute Gasteiger partial charge is 0.372 e. The third-order valence-electron chi connectivity index (χ3n) is 5.76. The lowest BCUT2D eigenvalue weighted by molar-refractivity contribution is -0.0545. The lowest BCUT2D eigenvalue weighted by Gasteiger charge is -2.35. The molecule has 0 aromatic carbocycles.